The summed E-state index contributed by atoms with van der Waals surface area (Å²) in [7, 11) is 0. The van der Waals surface area contributed by atoms with Crippen LogP contribution in [0.5, 0.6) is 0 Å². The van der Waals surface area contributed by atoms with Crippen LogP contribution in [0, 0.1) is 17.6 Å². The monoisotopic (exact) mass is 317 g/mol. The average Bonchev–Trinajstić information content (AvgIpc) is 2.96. The maximum Gasteiger partial charge on any atom is 0.149 e. The van der Waals surface area contributed by atoms with E-state index in [9.17, 15) is 8.78 Å². The van der Waals surface area contributed by atoms with E-state index in [1.807, 2.05) is 24.3 Å². The minimum atomic E-state index is -0.541. The van der Waals surface area contributed by atoms with Crippen molar-refractivity contribution in [1.82, 2.24) is 0 Å². The van der Waals surface area contributed by atoms with E-state index in [0.717, 1.165) is 18.1 Å². The van der Waals surface area contributed by atoms with Crippen molar-refractivity contribution in [2.45, 2.75) is 18.4 Å². The summed E-state index contributed by atoms with van der Waals surface area (Å²) in [6.07, 6.45) is 5.03. The molecule has 4 rings (SSSR count). The molecule has 2 aromatic rings. The molecule has 22 heavy (non-hydrogen) atoms. The number of fused-ring (bicyclic) bond motifs is 3. The third-order valence-corrected chi connectivity index (χ3v) is 4.83. The smallest absolute Gasteiger partial charge is 0.149 e. The molecular formula is C18H14ClF2N. The van der Waals surface area contributed by atoms with E-state index in [2.05, 4.69) is 17.5 Å². The van der Waals surface area contributed by atoms with Gasteiger partial charge in [0.25, 0.3) is 0 Å². The molecule has 1 aliphatic heterocycles. The molecular weight excluding hydrogens is 304 g/mol. The summed E-state index contributed by atoms with van der Waals surface area (Å²) in [5, 5.41) is 3.93. The highest BCUT2D eigenvalue weighted by Crippen LogP contribution is 2.50. The first-order valence-electron chi connectivity index (χ1n) is 7.31. The van der Waals surface area contributed by atoms with E-state index in [0.29, 0.717) is 16.3 Å². The topological polar surface area (TPSA) is 12.0 Å². The maximum atomic E-state index is 14.2. The quantitative estimate of drug-likeness (QED) is 0.690. The number of hydrogen-bond donors (Lipinski definition) is 1. The Morgan fingerprint density at radius 3 is 2.82 bits per heavy atom. The van der Waals surface area contributed by atoms with Crippen molar-refractivity contribution in [3.63, 3.8) is 0 Å². The molecule has 0 amide bonds. The van der Waals surface area contributed by atoms with Gasteiger partial charge in [0.2, 0.25) is 0 Å². The van der Waals surface area contributed by atoms with Crippen LogP contribution < -0.4 is 5.32 Å². The highest BCUT2D eigenvalue weighted by Gasteiger charge is 2.39. The lowest BCUT2D eigenvalue weighted by atomic mass is 9.77. The van der Waals surface area contributed by atoms with Crippen LogP contribution in [-0.4, -0.2) is 0 Å². The van der Waals surface area contributed by atoms with Gasteiger partial charge >= 0.3 is 0 Å². The van der Waals surface area contributed by atoms with Crippen LogP contribution in [0.15, 0.2) is 48.6 Å². The summed E-state index contributed by atoms with van der Waals surface area (Å²) in [6, 6.07) is 9.94. The molecule has 2 aromatic carbocycles. The van der Waals surface area contributed by atoms with Crippen molar-refractivity contribution in [2.75, 3.05) is 5.32 Å². The summed E-state index contributed by atoms with van der Waals surface area (Å²) in [5.41, 5.74) is 2.13. The van der Waals surface area contributed by atoms with E-state index in [4.69, 9.17) is 11.6 Å². The first-order chi connectivity index (χ1) is 10.6. The summed E-state index contributed by atoms with van der Waals surface area (Å²) in [4.78, 5) is 0. The Kier molecular flexibility index (Phi) is 3.19. The molecule has 3 atom stereocenters. The van der Waals surface area contributed by atoms with Gasteiger partial charge in [-0.05, 0) is 41.7 Å². The zero-order chi connectivity index (χ0) is 15.3. The largest absolute Gasteiger partial charge is 0.375 e. The van der Waals surface area contributed by atoms with Crippen LogP contribution in [0.4, 0.5) is 14.5 Å². The average molecular weight is 318 g/mol. The SMILES string of the molecule is Fc1cc(F)c2c(c1)[C@@H]1C=CC[C@@H]1[C@H](c1cccc(Cl)c1)N2. The fraction of sp³-hybridized carbons (Fsp3) is 0.222. The summed E-state index contributed by atoms with van der Waals surface area (Å²) < 4.78 is 27.8. The van der Waals surface area contributed by atoms with Crippen molar-refractivity contribution in [3.8, 4) is 0 Å². The number of hydrogen-bond acceptors (Lipinski definition) is 1. The molecule has 0 unspecified atom stereocenters. The highest BCUT2D eigenvalue weighted by atomic mass is 35.5. The molecule has 1 heterocycles. The van der Waals surface area contributed by atoms with E-state index in [1.165, 1.54) is 6.07 Å². The molecule has 1 nitrogen and oxygen atoms in total. The van der Waals surface area contributed by atoms with Crippen molar-refractivity contribution >= 4 is 17.3 Å². The lowest BCUT2D eigenvalue weighted by molar-refractivity contribution is 0.418. The predicted molar refractivity (Wildman–Crippen MR) is 84.2 cm³/mol. The van der Waals surface area contributed by atoms with E-state index >= 15 is 0 Å². The fourth-order valence-corrected chi connectivity index (χ4v) is 3.85. The third-order valence-electron chi connectivity index (χ3n) is 4.59. The minimum Gasteiger partial charge on any atom is -0.375 e. The van der Waals surface area contributed by atoms with Gasteiger partial charge in [-0.25, -0.2) is 8.78 Å². The summed E-state index contributed by atoms with van der Waals surface area (Å²) in [5.74, 6) is -0.795. The van der Waals surface area contributed by atoms with Crippen molar-refractivity contribution in [2.24, 2.45) is 5.92 Å². The number of anilines is 1. The molecule has 0 spiro atoms. The molecule has 4 heteroatoms. The number of halogens is 3. The molecule has 0 aromatic heterocycles. The number of benzene rings is 2. The lowest BCUT2D eigenvalue weighted by Crippen LogP contribution is -2.29. The molecule has 0 radical (unpaired) electrons. The van der Waals surface area contributed by atoms with Crippen molar-refractivity contribution in [1.29, 1.82) is 0 Å². The zero-order valence-corrected chi connectivity index (χ0v) is 12.4. The second-order valence-corrected chi connectivity index (χ2v) is 6.32. The Morgan fingerprint density at radius 2 is 2.00 bits per heavy atom. The Hall–Kier alpha value is -1.87. The molecule has 0 saturated carbocycles. The summed E-state index contributed by atoms with van der Waals surface area (Å²) in [6.45, 7) is 0. The van der Waals surface area contributed by atoms with E-state index in [-0.39, 0.29) is 17.9 Å². The molecule has 1 N–H and O–H groups in total. The van der Waals surface area contributed by atoms with Crippen LogP contribution in [0.2, 0.25) is 5.02 Å². The van der Waals surface area contributed by atoms with Crippen LogP contribution in [-0.2, 0) is 0 Å². The minimum absolute atomic E-state index is 0.0328. The Labute approximate surface area is 132 Å². The molecule has 0 fully saturated rings. The van der Waals surface area contributed by atoms with Crippen molar-refractivity contribution in [3.05, 3.63) is 76.3 Å². The first-order valence-corrected chi connectivity index (χ1v) is 7.69. The molecule has 0 bridgehead atoms. The van der Waals surface area contributed by atoms with E-state index < -0.39 is 11.6 Å². The number of allylic oxidation sites excluding steroid dienone is 2. The van der Waals surface area contributed by atoms with Gasteiger partial charge in [-0.2, -0.15) is 0 Å². The maximum absolute atomic E-state index is 14.2. The molecule has 1 aliphatic carbocycles. The van der Waals surface area contributed by atoms with Gasteiger partial charge in [0.15, 0.2) is 0 Å². The summed E-state index contributed by atoms with van der Waals surface area (Å²) >= 11 is 6.09. The number of nitrogens with one attached hydrogen (secondary N) is 1. The van der Waals surface area contributed by atoms with Crippen LogP contribution >= 0.6 is 11.6 Å². The second-order valence-electron chi connectivity index (χ2n) is 5.88. The van der Waals surface area contributed by atoms with Gasteiger partial charge in [0, 0.05) is 17.0 Å². The lowest BCUT2D eigenvalue weighted by Gasteiger charge is -2.37. The standard InChI is InChI=1S/C18H14ClF2N/c19-11-4-1-3-10(7-11)17-14-6-2-5-13(14)15-8-12(20)9-16(21)18(15)22-17/h1-5,7-9,13-14,17,22H,6H2/t13-,14+,17+/m1/s1. The predicted octanol–water partition coefficient (Wildman–Crippen LogP) is 5.44. The van der Waals surface area contributed by atoms with Gasteiger partial charge in [0.1, 0.15) is 11.6 Å². The van der Waals surface area contributed by atoms with Crippen LogP contribution in [0.1, 0.15) is 29.5 Å². The highest BCUT2D eigenvalue weighted by molar-refractivity contribution is 6.30. The third kappa shape index (κ3) is 2.12. The van der Waals surface area contributed by atoms with E-state index in [1.54, 1.807) is 0 Å². The van der Waals surface area contributed by atoms with Gasteiger partial charge in [-0.1, -0.05) is 35.9 Å². The van der Waals surface area contributed by atoms with Crippen molar-refractivity contribution < 1.29 is 8.78 Å². The van der Waals surface area contributed by atoms with Gasteiger partial charge < -0.3 is 5.32 Å². The normalized spacial score (nSPS) is 25.5. The van der Waals surface area contributed by atoms with Gasteiger partial charge in [-0.15, -0.1) is 0 Å². The molecule has 2 aliphatic rings. The Bertz CT molecular complexity index is 772. The van der Waals surface area contributed by atoms with Crippen LogP contribution in [0.25, 0.3) is 0 Å². The number of rotatable bonds is 1. The Balaban J connectivity index is 1.84. The fourth-order valence-electron chi connectivity index (χ4n) is 3.65. The van der Waals surface area contributed by atoms with Crippen LogP contribution in [0.3, 0.4) is 0 Å². The Morgan fingerprint density at radius 1 is 1.14 bits per heavy atom. The van der Waals surface area contributed by atoms with Gasteiger partial charge in [0.05, 0.1) is 11.7 Å². The van der Waals surface area contributed by atoms with Gasteiger partial charge in [-0.3, -0.25) is 0 Å². The molecule has 0 saturated heterocycles. The second kappa shape index (κ2) is 5.10. The molecule has 112 valence electrons. The zero-order valence-electron chi connectivity index (χ0n) is 11.7. The first kappa shape index (κ1) is 13.8.